The molecule has 0 amide bonds. The predicted octanol–water partition coefficient (Wildman–Crippen LogP) is 3.21. The van der Waals surface area contributed by atoms with E-state index in [4.69, 9.17) is 5.11 Å². The van der Waals surface area contributed by atoms with Crippen molar-refractivity contribution in [2.45, 2.75) is 31.1 Å². The normalized spacial score (nSPS) is 12.7. The Balaban J connectivity index is 2.20. The van der Waals surface area contributed by atoms with E-state index in [2.05, 4.69) is 30.5 Å². The number of hydrogen-bond donors (Lipinski definition) is 2. The van der Waals surface area contributed by atoms with E-state index in [1.807, 2.05) is 6.07 Å². The van der Waals surface area contributed by atoms with Gasteiger partial charge < -0.3 is 9.66 Å². The van der Waals surface area contributed by atoms with E-state index in [1.165, 1.54) is 12.1 Å². The molecule has 22 heavy (non-hydrogen) atoms. The van der Waals surface area contributed by atoms with Crippen LogP contribution < -0.4 is 4.72 Å². The van der Waals surface area contributed by atoms with Crippen molar-refractivity contribution < 1.29 is 14.5 Å². The molecule has 5 nitrogen and oxygen atoms in total. The van der Waals surface area contributed by atoms with Crippen molar-refractivity contribution in [3.05, 3.63) is 53.9 Å². The first-order valence-electron chi connectivity index (χ1n) is 6.75. The molecule has 0 fully saturated rings. The van der Waals surface area contributed by atoms with Crippen molar-refractivity contribution in [2.24, 2.45) is 0 Å². The first kappa shape index (κ1) is 16.3. The lowest BCUT2D eigenvalue weighted by molar-refractivity contribution is 0.0696. The molecule has 0 saturated carbocycles. The SMILES string of the molecule is CC(C)(C)c1cncc(N[S+]([O-])c2cccc(C(=O)O)c2)c1. The van der Waals surface area contributed by atoms with Gasteiger partial charge >= 0.3 is 5.97 Å². The molecule has 1 aromatic heterocycles. The van der Waals surface area contributed by atoms with Crippen LogP contribution in [-0.4, -0.2) is 20.6 Å². The highest BCUT2D eigenvalue weighted by Gasteiger charge is 2.18. The summed E-state index contributed by atoms with van der Waals surface area (Å²) in [5.41, 5.74) is 1.70. The standard InChI is InChI=1S/C16H18N2O3S/c1-16(2,3)12-8-13(10-17-9-12)18-22(21)14-6-4-5-11(7-14)15(19)20/h4-10,18H,1-3H3,(H,19,20). The maximum atomic E-state index is 12.3. The fraction of sp³-hybridized carbons (Fsp3) is 0.250. The predicted molar refractivity (Wildman–Crippen MR) is 86.4 cm³/mol. The summed E-state index contributed by atoms with van der Waals surface area (Å²) in [4.78, 5) is 15.5. The molecule has 1 aromatic carbocycles. The summed E-state index contributed by atoms with van der Waals surface area (Å²) in [6.07, 6.45) is 3.37. The number of nitrogens with zero attached hydrogens (tertiary/aromatic N) is 1. The second-order valence-electron chi connectivity index (χ2n) is 5.92. The maximum Gasteiger partial charge on any atom is 0.335 e. The Labute approximate surface area is 132 Å². The van der Waals surface area contributed by atoms with E-state index in [9.17, 15) is 9.35 Å². The first-order chi connectivity index (χ1) is 10.3. The number of aromatic nitrogens is 1. The van der Waals surface area contributed by atoms with Gasteiger partial charge in [0.15, 0.2) is 4.90 Å². The van der Waals surface area contributed by atoms with Gasteiger partial charge in [-0.1, -0.05) is 26.8 Å². The average molecular weight is 318 g/mol. The number of hydrogen-bond acceptors (Lipinski definition) is 4. The Morgan fingerprint density at radius 2 is 2.00 bits per heavy atom. The molecule has 0 saturated heterocycles. The van der Waals surface area contributed by atoms with Crippen LogP contribution in [-0.2, 0) is 16.8 Å². The minimum Gasteiger partial charge on any atom is -0.588 e. The minimum atomic E-state index is -1.55. The number of nitrogens with one attached hydrogen (secondary N) is 1. The van der Waals surface area contributed by atoms with E-state index in [0.29, 0.717) is 10.6 Å². The molecule has 2 aromatic rings. The van der Waals surface area contributed by atoms with Crippen molar-refractivity contribution in [2.75, 3.05) is 4.72 Å². The molecule has 116 valence electrons. The molecular formula is C16H18N2O3S. The van der Waals surface area contributed by atoms with Crippen molar-refractivity contribution in [1.29, 1.82) is 0 Å². The summed E-state index contributed by atoms with van der Waals surface area (Å²) in [7, 11) is 0. The van der Waals surface area contributed by atoms with Crippen LogP contribution in [0.15, 0.2) is 47.6 Å². The third kappa shape index (κ3) is 3.99. The number of benzene rings is 1. The van der Waals surface area contributed by atoms with Crippen molar-refractivity contribution in [3.63, 3.8) is 0 Å². The summed E-state index contributed by atoms with van der Waals surface area (Å²) < 4.78 is 15.2. The quantitative estimate of drug-likeness (QED) is 0.846. The van der Waals surface area contributed by atoms with Crippen LogP contribution in [0.2, 0.25) is 0 Å². The highest BCUT2D eigenvalue weighted by atomic mass is 32.2. The summed E-state index contributed by atoms with van der Waals surface area (Å²) in [6.45, 7) is 6.21. The lowest BCUT2D eigenvalue weighted by Gasteiger charge is -2.19. The van der Waals surface area contributed by atoms with Gasteiger partial charge in [0.05, 0.1) is 11.8 Å². The molecule has 0 radical (unpaired) electrons. The summed E-state index contributed by atoms with van der Waals surface area (Å²) in [5.74, 6) is -1.05. The third-order valence-corrected chi connectivity index (χ3v) is 4.21. The van der Waals surface area contributed by atoms with Gasteiger partial charge in [0, 0.05) is 12.3 Å². The Morgan fingerprint density at radius 1 is 1.27 bits per heavy atom. The summed E-state index contributed by atoms with van der Waals surface area (Å²) in [5, 5.41) is 8.98. The molecular weight excluding hydrogens is 300 g/mol. The van der Waals surface area contributed by atoms with E-state index >= 15 is 0 Å². The number of rotatable bonds is 4. The number of carboxylic acids is 1. The molecule has 0 aliphatic rings. The van der Waals surface area contributed by atoms with Crippen molar-refractivity contribution in [3.8, 4) is 0 Å². The molecule has 2 rings (SSSR count). The van der Waals surface area contributed by atoms with Crippen LogP contribution in [0.3, 0.4) is 0 Å². The molecule has 0 aliphatic carbocycles. The Morgan fingerprint density at radius 3 is 2.64 bits per heavy atom. The Kier molecular flexibility index (Phi) is 4.73. The van der Waals surface area contributed by atoms with Gasteiger partial charge in [0.2, 0.25) is 0 Å². The van der Waals surface area contributed by atoms with Crippen LogP contribution in [0.4, 0.5) is 5.69 Å². The molecule has 6 heteroatoms. The zero-order valence-electron chi connectivity index (χ0n) is 12.7. The van der Waals surface area contributed by atoms with Gasteiger partial charge in [-0.25, -0.2) is 9.52 Å². The minimum absolute atomic E-state index is 0.0601. The van der Waals surface area contributed by atoms with Crippen molar-refractivity contribution in [1.82, 2.24) is 4.98 Å². The van der Waals surface area contributed by atoms with Gasteiger partial charge in [0.25, 0.3) is 0 Å². The molecule has 0 bridgehead atoms. The Bertz CT molecular complexity index is 683. The zero-order valence-corrected chi connectivity index (χ0v) is 13.5. The molecule has 1 atom stereocenters. The van der Waals surface area contributed by atoms with Gasteiger partial charge in [-0.15, -0.1) is 0 Å². The van der Waals surface area contributed by atoms with Crippen LogP contribution in [0.25, 0.3) is 0 Å². The summed E-state index contributed by atoms with van der Waals surface area (Å²) >= 11 is -1.55. The fourth-order valence-corrected chi connectivity index (χ4v) is 2.70. The van der Waals surface area contributed by atoms with E-state index < -0.39 is 17.3 Å². The lowest BCUT2D eigenvalue weighted by Crippen LogP contribution is -2.16. The van der Waals surface area contributed by atoms with Crippen LogP contribution >= 0.6 is 0 Å². The largest absolute Gasteiger partial charge is 0.588 e. The van der Waals surface area contributed by atoms with Crippen LogP contribution in [0, 0.1) is 0 Å². The number of anilines is 1. The van der Waals surface area contributed by atoms with E-state index in [-0.39, 0.29) is 11.0 Å². The number of carbonyl (C=O) groups is 1. The monoisotopic (exact) mass is 318 g/mol. The fourth-order valence-electron chi connectivity index (χ4n) is 1.82. The number of pyridine rings is 1. The van der Waals surface area contributed by atoms with Crippen molar-refractivity contribution >= 4 is 23.0 Å². The molecule has 0 aliphatic heterocycles. The van der Waals surface area contributed by atoms with Gasteiger partial charge in [-0.05, 0) is 29.2 Å². The number of aromatic carboxylic acids is 1. The highest BCUT2D eigenvalue weighted by molar-refractivity contribution is 7.92. The second kappa shape index (κ2) is 6.37. The van der Waals surface area contributed by atoms with E-state index in [0.717, 1.165) is 5.56 Å². The van der Waals surface area contributed by atoms with Crippen LogP contribution in [0.5, 0.6) is 0 Å². The van der Waals surface area contributed by atoms with E-state index in [1.54, 1.807) is 24.5 Å². The number of carboxylic acid groups (broad SMARTS) is 1. The lowest BCUT2D eigenvalue weighted by atomic mass is 9.88. The Hall–Kier alpha value is -2.05. The molecule has 1 unspecified atom stereocenters. The third-order valence-electron chi connectivity index (χ3n) is 3.11. The molecule has 1 heterocycles. The smallest absolute Gasteiger partial charge is 0.335 e. The van der Waals surface area contributed by atoms with Gasteiger partial charge in [0.1, 0.15) is 17.0 Å². The van der Waals surface area contributed by atoms with Gasteiger partial charge in [-0.3, -0.25) is 4.98 Å². The second-order valence-corrected chi connectivity index (χ2v) is 7.13. The zero-order chi connectivity index (χ0) is 16.3. The average Bonchev–Trinajstić information content (AvgIpc) is 2.46. The topological polar surface area (TPSA) is 85.3 Å². The molecule has 2 N–H and O–H groups in total. The maximum absolute atomic E-state index is 12.3. The highest BCUT2D eigenvalue weighted by Crippen LogP contribution is 2.25. The summed E-state index contributed by atoms with van der Waals surface area (Å²) in [6, 6.07) is 7.95. The van der Waals surface area contributed by atoms with Crippen LogP contribution in [0.1, 0.15) is 36.7 Å². The molecule has 0 spiro atoms. The first-order valence-corrected chi connectivity index (χ1v) is 7.89. The van der Waals surface area contributed by atoms with Gasteiger partial charge in [-0.2, -0.15) is 0 Å².